The van der Waals surface area contributed by atoms with Crippen molar-refractivity contribution in [3.63, 3.8) is 0 Å². The maximum absolute atomic E-state index is 12.9. The van der Waals surface area contributed by atoms with Crippen LogP contribution in [0.2, 0.25) is 0 Å². The Hall–Kier alpha value is -2.80. The number of nitrogens with one attached hydrogen (secondary N) is 1. The molecule has 1 aliphatic heterocycles. The normalized spacial score (nSPS) is 22.6. The van der Waals surface area contributed by atoms with Gasteiger partial charge in [-0.15, -0.1) is 0 Å². The lowest BCUT2D eigenvalue weighted by Gasteiger charge is -2.40. The number of hydrogen-bond donors (Lipinski definition) is 1. The fraction of sp³-hybridized carbons (Fsp3) is 0.400. The van der Waals surface area contributed by atoms with Crippen LogP contribution in [-0.2, 0) is 20.9 Å². The molecular weight excluding hydrogens is 348 g/mol. The first-order valence-electron chi connectivity index (χ1n) is 9.04. The molecule has 2 amide bonds. The summed E-state index contributed by atoms with van der Waals surface area (Å²) < 4.78 is 16.2. The quantitative estimate of drug-likeness (QED) is 0.842. The molecule has 0 bridgehead atoms. The van der Waals surface area contributed by atoms with Crippen LogP contribution >= 0.6 is 0 Å². The lowest BCUT2D eigenvalue weighted by molar-refractivity contribution is -0.165. The molecule has 1 saturated carbocycles. The van der Waals surface area contributed by atoms with E-state index in [-0.39, 0.29) is 31.0 Å². The highest BCUT2D eigenvalue weighted by molar-refractivity contribution is 5.86. The molecule has 2 heterocycles. The van der Waals surface area contributed by atoms with Gasteiger partial charge in [-0.3, -0.25) is 9.59 Å². The van der Waals surface area contributed by atoms with Gasteiger partial charge in [0.2, 0.25) is 5.91 Å². The zero-order chi connectivity index (χ0) is 18.8. The maximum atomic E-state index is 12.9. The van der Waals surface area contributed by atoms with Gasteiger partial charge >= 0.3 is 0 Å². The van der Waals surface area contributed by atoms with Gasteiger partial charge in [0, 0.05) is 6.04 Å². The van der Waals surface area contributed by atoms with E-state index in [1.165, 1.54) is 0 Å². The Morgan fingerprint density at radius 2 is 2.04 bits per heavy atom. The largest absolute Gasteiger partial charge is 0.497 e. The smallest absolute Gasteiger partial charge is 0.252 e. The van der Waals surface area contributed by atoms with Crippen molar-refractivity contribution >= 4 is 11.8 Å². The number of methoxy groups -OCH3 is 1. The third-order valence-corrected chi connectivity index (χ3v) is 4.93. The van der Waals surface area contributed by atoms with Gasteiger partial charge < -0.3 is 24.1 Å². The minimum atomic E-state index is -0.772. The van der Waals surface area contributed by atoms with Gasteiger partial charge in [-0.05, 0) is 42.7 Å². The van der Waals surface area contributed by atoms with E-state index >= 15 is 0 Å². The van der Waals surface area contributed by atoms with Gasteiger partial charge in [-0.1, -0.05) is 12.1 Å². The van der Waals surface area contributed by atoms with Crippen molar-refractivity contribution < 1.29 is 23.5 Å². The summed E-state index contributed by atoms with van der Waals surface area (Å²) >= 11 is 0. The van der Waals surface area contributed by atoms with Crippen molar-refractivity contribution in [3.8, 4) is 5.75 Å². The molecule has 142 valence electrons. The highest BCUT2D eigenvalue weighted by Gasteiger charge is 2.47. The molecule has 27 heavy (non-hydrogen) atoms. The summed E-state index contributed by atoms with van der Waals surface area (Å²) in [4.78, 5) is 27.2. The first-order valence-corrected chi connectivity index (χ1v) is 9.04. The van der Waals surface area contributed by atoms with E-state index in [2.05, 4.69) is 5.32 Å². The average molecular weight is 370 g/mol. The fourth-order valence-electron chi connectivity index (χ4n) is 3.45. The van der Waals surface area contributed by atoms with E-state index in [1.807, 2.05) is 29.2 Å². The van der Waals surface area contributed by atoms with E-state index in [9.17, 15) is 9.59 Å². The van der Waals surface area contributed by atoms with Gasteiger partial charge in [0.25, 0.3) is 5.91 Å². The number of rotatable bonds is 6. The maximum Gasteiger partial charge on any atom is 0.252 e. The van der Waals surface area contributed by atoms with Crippen LogP contribution in [0, 0.1) is 0 Å². The minimum absolute atomic E-state index is 0.0756. The van der Waals surface area contributed by atoms with Crippen molar-refractivity contribution in [1.82, 2.24) is 10.2 Å². The van der Waals surface area contributed by atoms with Crippen LogP contribution in [0.1, 0.15) is 30.2 Å². The van der Waals surface area contributed by atoms with Gasteiger partial charge in [-0.2, -0.15) is 0 Å². The molecule has 4 rings (SSSR count). The van der Waals surface area contributed by atoms with Gasteiger partial charge in [0.05, 0.1) is 26.0 Å². The summed E-state index contributed by atoms with van der Waals surface area (Å²) in [7, 11) is 1.60. The molecule has 1 aromatic carbocycles. The van der Waals surface area contributed by atoms with Gasteiger partial charge in [0.15, 0.2) is 6.10 Å². The van der Waals surface area contributed by atoms with E-state index in [0.717, 1.165) is 24.2 Å². The molecule has 2 fully saturated rings. The van der Waals surface area contributed by atoms with Crippen molar-refractivity contribution in [2.24, 2.45) is 0 Å². The van der Waals surface area contributed by atoms with Gasteiger partial charge in [-0.25, -0.2) is 0 Å². The molecule has 1 saturated heterocycles. The second kappa shape index (κ2) is 7.44. The predicted octanol–water partition coefficient (Wildman–Crippen LogP) is 2.04. The topological polar surface area (TPSA) is 81.0 Å². The Morgan fingerprint density at radius 1 is 1.26 bits per heavy atom. The zero-order valence-corrected chi connectivity index (χ0v) is 15.1. The Labute approximate surface area is 157 Å². The molecule has 7 nitrogen and oxygen atoms in total. The Bertz CT molecular complexity index is 798. The van der Waals surface area contributed by atoms with Gasteiger partial charge in [0.1, 0.15) is 18.1 Å². The van der Waals surface area contributed by atoms with E-state index in [0.29, 0.717) is 5.76 Å². The Morgan fingerprint density at radius 3 is 2.67 bits per heavy atom. The number of ether oxygens (including phenoxy) is 2. The molecule has 2 atom stereocenters. The number of benzene rings is 1. The predicted molar refractivity (Wildman–Crippen MR) is 95.9 cm³/mol. The summed E-state index contributed by atoms with van der Waals surface area (Å²) in [5.74, 6) is 1.05. The van der Waals surface area contributed by atoms with Crippen LogP contribution in [0.4, 0.5) is 0 Å². The summed E-state index contributed by atoms with van der Waals surface area (Å²) in [6.45, 7) is 0.195. The monoisotopic (exact) mass is 370 g/mol. The number of morpholine rings is 1. The molecule has 1 aromatic heterocycles. The molecule has 0 unspecified atom stereocenters. The van der Waals surface area contributed by atoms with E-state index in [1.54, 1.807) is 25.5 Å². The second-order valence-electron chi connectivity index (χ2n) is 6.78. The van der Waals surface area contributed by atoms with E-state index in [4.69, 9.17) is 13.9 Å². The Kier molecular flexibility index (Phi) is 4.85. The molecule has 2 aromatic rings. The van der Waals surface area contributed by atoms with Crippen LogP contribution in [0.15, 0.2) is 47.1 Å². The first kappa shape index (κ1) is 17.6. The average Bonchev–Trinajstić information content (AvgIpc) is 3.40. The summed E-state index contributed by atoms with van der Waals surface area (Å²) in [5.41, 5.74) is 0.855. The first-order chi connectivity index (χ1) is 13.2. The number of hydrogen-bond acceptors (Lipinski definition) is 5. The number of amides is 2. The standard InChI is InChI=1S/C20H22N2O5/c1-25-15-8-4-13(5-9-15)18-19(20(24)21-11-16-3-2-10-26-16)27-12-17(23)22(18)14-6-7-14/h2-5,8-10,14,18-19H,6-7,11-12H2,1H3,(H,21,24)/t18-,19+/m1/s1. The molecular formula is C20H22N2O5. The third kappa shape index (κ3) is 3.68. The van der Waals surface area contributed by atoms with Crippen molar-refractivity contribution in [3.05, 3.63) is 54.0 Å². The number of carbonyl (C=O) groups is 2. The van der Waals surface area contributed by atoms with Crippen LogP contribution in [-0.4, -0.2) is 42.6 Å². The van der Waals surface area contributed by atoms with E-state index < -0.39 is 12.1 Å². The second-order valence-corrected chi connectivity index (χ2v) is 6.78. The SMILES string of the molecule is COc1ccc([C@@H]2[C@@H](C(=O)NCc3ccco3)OCC(=O)N2C2CC2)cc1. The zero-order valence-electron chi connectivity index (χ0n) is 15.1. The van der Waals surface area contributed by atoms with Crippen molar-refractivity contribution in [2.45, 2.75) is 37.6 Å². The number of furan rings is 1. The van der Waals surface area contributed by atoms with Crippen molar-refractivity contribution in [2.75, 3.05) is 13.7 Å². The lowest BCUT2D eigenvalue weighted by atomic mass is 9.96. The van der Waals surface area contributed by atoms with Crippen LogP contribution in [0.25, 0.3) is 0 Å². The third-order valence-electron chi connectivity index (χ3n) is 4.93. The Balaban J connectivity index is 1.58. The fourth-order valence-corrected chi connectivity index (χ4v) is 3.45. The summed E-state index contributed by atoms with van der Waals surface area (Å²) in [5, 5.41) is 2.85. The molecule has 1 N–H and O–H groups in total. The number of nitrogens with zero attached hydrogens (tertiary/aromatic N) is 1. The highest BCUT2D eigenvalue weighted by atomic mass is 16.5. The van der Waals surface area contributed by atoms with Crippen molar-refractivity contribution in [1.29, 1.82) is 0 Å². The molecule has 2 aliphatic rings. The number of carbonyl (C=O) groups excluding carboxylic acids is 2. The summed E-state index contributed by atoms with van der Waals surface area (Å²) in [6.07, 6.45) is 2.71. The van der Waals surface area contributed by atoms with Crippen LogP contribution < -0.4 is 10.1 Å². The summed E-state index contributed by atoms with van der Waals surface area (Å²) in [6, 6.07) is 10.7. The molecule has 7 heteroatoms. The van der Waals surface area contributed by atoms with Crippen LogP contribution in [0.5, 0.6) is 5.75 Å². The van der Waals surface area contributed by atoms with Crippen LogP contribution in [0.3, 0.4) is 0 Å². The minimum Gasteiger partial charge on any atom is -0.497 e. The molecule has 0 radical (unpaired) electrons. The molecule has 1 aliphatic carbocycles. The highest BCUT2D eigenvalue weighted by Crippen LogP contribution is 2.39. The lowest BCUT2D eigenvalue weighted by Crippen LogP contribution is -2.55. The molecule has 0 spiro atoms.